The molecule has 4 rings (SSSR count). The van der Waals surface area contributed by atoms with E-state index < -0.39 is 35.0 Å². The van der Waals surface area contributed by atoms with Crippen LogP contribution >= 0.6 is 0 Å². The monoisotopic (exact) mass is 438 g/mol. The van der Waals surface area contributed by atoms with E-state index in [-0.39, 0.29) is 11.9 Å². The number of fused-ring (bicyclic) bond motifs is 1. The zero-order valence-electron chi connectivity index (χ0n) is 17.6. The fourth-order valence-corrected chi connectivity index (χ4v) is 4.37. The Morgan fingerprint density at radius 3 is 2.16 bits per heavy atom. The van der Waals surface area contributed by atoms with Crippen LogP contribution in [0, 0.1) is 17.5 Å². The molecule has 0 radical (unpaired) electrons. The number of halogens is 3. The van der Waals surface area contributed by atoms with Crippen molar-refractivity contribution in [3.8, 4) is 0 Å². The Kier molecular flexibility index (Phi) is 5.74. The molecular formula is C25H21F3N2O2. The average Bonchev–Trinajstić information content (AvgIpc) is 2.73. The van der Waals surface area contributed by atoms with Crippen LogP contribution in [0.3, 0.4) is 0 Å². The van der Waals surface area contributed by atoms with Gasteiger partial charge in [0.1, 0.15) is 23.0 Å². The van der Waals surface area contributed by atoms with Crippen molar-refractivity contribution >= 4 is 23.2 Å². The van der Waals surface area contributed by atoms with Crippen molar-refractivity contribution < 1.29 is 22.8 Å². The lowest BCUT2D eigenvalue weighted by molar-refractivity contribution is -0.117. The molecule has 4 nitrogen and oxygen atoms in total. The summed E-state index contributed by atoms with van der Waals surface area (Å²) >= 11 is 0. The molecule has 1 aliphatic rings. The molecule has 2 amide bonds. The smallest absolute Gasteiger partial charge is 0.264 e. The van der Waals surface area contributed by atoms with E-state index in [2.05, 4.69) is 0 Å². The molecule has 0 aliphatic carbocycles. The van der Waals surface area contributed by atoms with E-state index in [1.165, 1.54) is 11.8 Å². The third-order valence-electron chi connectivity index (χ3n) is 5.69. The maximum Gasteiger partial charge on any atom is 0.264 e. The summed E-state index contributed by atoms with van der Waals surface area (Å²) in [5.41, 5.74) is 1.04. The summed E-state index contributed by atoms with van der Waals surface area (Å²) in [6, 6.07) is 16.3. The molecule has 0 saturated heterocycles. The lowest BCUT2D eigenvalue weighted by Gasteiger charge is -2.43. The van der Waals surface area contributed by atoms with E-state index in [1.807, 2.05) is 30.3 Å². The molecule has 2 atom stereocenters. The lowest BCUT2D eigenvalue weighted by Crippen LogP contribution is -2.47. The Hall–Kier alpha value is -3.61. The molecule has 3 aromatic rings. The van der Waals surface area contributed by atoms with Gasteiger partial charge in [-0.2, -0.15) is 0 Å². The highest BCUT2D eigenvalue weighted by molar-refractivity contribution is 6.08. The fraction of sp³-hybridized carbons (Fsp3) is 0.200. The van der Waals surface area contributed by atoms with E-state index in [4.69, 9.17) is 0 Å². The van der Waals surface area contributed by atoms with E-state index in [0.717, 1.165) is 0 Å². The molecule has 3 aromatic carbocycles. The highest BCUT2D eigenvalue weighted by atomic mass is 19.1. The number of hydrogen-bond acceptors (Lipinski definition) is 2. The summed E-state index contributed by atoms with van der Waals surface area (Å²) in [6.45, 7) is 3.23. The minimum Gasteiger partial charge on any atom is -0.305 e. The van der Waals surface area contributed by atoms with Gasteiger partial charge >= 0.3 is 0 Å². The van der Waals surface area contributed by atoms with Crippen molar-refractivity contribution in [3.63, 3.8) is 0 Å². The predicted molar refractivity (Wildman–Crippen MR) is 116 cm³/mol. The fourth-order valence-electron chi connectivity index (χ4n) is 4.37. The number of amides is 2. The standard InChI is InChI=1S/C25H21F3N2O2/c1-15-12-23(30(16(2)31)18-8-4-3-5-9-18)19-10-6-7-11-22(19)29(15)25(32)24-20(27)13-17(26)14-21(24)28/h3-11,13-15,23H,12H2,1-2H3. The first-order valence-electron chi connectivity index (χ1n) is 10.2. The first-order valence-corrected chi connectivity index (χ1v) is 10.2. The lowest BCUT2D eigenvalue weighted by atomic mass is 9.89. The molecule has 0 aromatic heterocycles. The molecular weight excluding hydrogens is 417 g/mol. The van der Waals surface area contributed by atoms with Crippen LogP contribution in [0.15, 0.2) is 66.7 Å². The third kappa shape index (κ3) is 3.75. The molecule has 0 N–H and O–H groups in total. The molecule has 2 unspecified atom stereocenters. The van der Waals surface area contributed by atoms with Crippen LogP contribution in [-0.2, 0) is 4.79 Å². The number of carbonyl (C=O) groups excluding carboxylic acids is 2. The number of para-hydroxylation sites is 2. The minimum atomic E-state index is -1.26. The second-order valence-electron chi connectivity index (χ2n) is 7.80. The molecule has 7 heteroatoms. The second kappa shape index (κ2) is 8.49. The minimum absolute atomic E-state index is 0.168. The van der Waals surface area contributed by atoms with Crippen molar-refractivity contribution in [1.82, 2.24) is 0 Å². The van der Waals surface area contributed by atoms with Gasteiger partial charge < -0.3 is 9.80 Å². The van der Waals surface area contributed by atoms with Gasteiger partial charge in [-0.05, 0) is 37.1 Å². The summed E-state index contributed by atoms with van der Waals surface area (Å²) in [5, 5.41) is 0. The van der Waals surface area contributed by atoms with Crippen LogP contribution in [0.5, 0.6) is 0 Å². The van der Waals surface area contributed by atoms with Gasteiger partial charge in [0.25, 0.3) is 5.91 Å². The van der Waals surface area contributed by atoms with Gasteiger partial charge in [-0.3, -0.25) is 9.59 Å². The summed E-state index contributed by atoms with van der Waals surface area (Å²) < 4.78 is 42.1. The predicted octanol–water partition coefficient (Wildman–Crippen LogP) is 5.64. The topological polar surface area (TPSA) is 40.6 Å². The molecule has 0 spiro atoms. The largest absolute Gasteiger partial charge is 0.305 e. The Morgan fingerprint density at radius 1 is 0.938 bits per heavy atom. The SMILES string of the molecule is CC(=O)N(c1ccccc1)C1CC(C)N(C(=O)c2c(F)cc(F)cc2F)c2ccccc21. The van der Waals surface area contributed by atoms with Crippen molar-refractivity contribution in [1.29, 1.82) is 0 Å². The van der Waals surface area contributed by atoms with Gasteiger partial charge in [0, 0.05) is 36.5 Å². The van der Waals surface area contributed by atoms with E-state index >= 15 is 0 Å². The van der Waals surface area contributed by atoms with Crippen LogP contribution in [0.4, 0.5) is 24.5 Å². The quantitative estimate of drug-likeness (QED) is 0.531. The number of hydrogen-bond donors (Lipinski definition) is 0. The number of nitrogens with zero attached hydrogens (tertiary/aromatic N) is 2. The average molecular weight is 438 g/mol. The first kappa shape index (κ1) is 21.6. The zero-order chi connectivity index (χ0) is 23.0. The Bertz CT molecular complexity index is 1160. The van der Waals surface area contributed by atoms with E-state index in [1.54, 1.807) is 36.1 Å². The van der Waals surface area contributed by atoms with Gasteiger partial charge in [-0.25, -0.2) is 13.2 Å². The van der Waals surface area contributed by atoms with Crippen LogP contribution in [0.25, 0.3) is 0 Å². The molecule has 1 heterocycles. The van der Waals surface area contributed by atoms with Crippen molar-refractivity contribution in [2.45, 2.75) is 32.4 Å². The van der Waals surface area contributed by atoms with E-state index in [0.29, 0.717) is 35.5 Å². The summed E-state index contributed by atoms with van der Waals surface area (Å²) in [7, 11) is 0. The van der Waals surface area contributed by atoms with Gasteiger partial charge in [-0.1, -0.05) is 36.4 Å². The first-order chi connectivity index (χ1) is 15.3. The van der Waals surface area contributed by atoms with Crippen LogP contribution in [-0.4, -0.2) is 17.9 Å². The highest BCUT2D eigenvalue weighted by Gasteiger charge is 2.39. The van der Waals surface area contributed by atoms with Crippen LogP contribution in [0.1, 0.15) is 42.2 Å². The third-order valence-corrected chi connectivity index (χ3v) is 5.69. The number of carbonyl (C=O) groups is 2. The Morgan fingerprint density at radius 2 is 1.53 bits per heavy atom. The normalized spacial score (nSPS) is 17.6. The second-order valence-corrected chi connectivity index (χ2v) is 7.80. The zero-order valence-corrected chi connectivity index (χ0v) is 17.6. The van der Waals surface area contributed by atoms with Gasteiger partial charge in [0.2, 0.25) is 5.91 Å². The number of benzene rings is 3. The van der Waals surface area contributed by atoms with Crippen LogP contribution < -0.4 is 9.80 Å². The Labute approximate surface area is 183 Å². The van der Waals surface area contributed by atoms with Crippen LogP contribution in [0.2, 0.25) is 0 Å². The summed E-state index contributed by atoms with van der Waals surface area (Å²) in [6.07, 6.45) is 0.349. The molecule has 164 valence electrons. The van der Waals surface area contributed by atoms with Crippen molar-refractivity contribution in [2.24, 2.45) is 0 Å². The summed E-state index contributed by atoms with van der Waals surface area (Å²) in [5.74, 6) is -4.67. The molecule has 0 bridgehead atoms. The number of rotatable bonds is 3. The van der Waals surface area contributed by atoms with Gasteiger partial charge in [0.05, 0.1) is 6.04 Å². The highest BCUT2D eigenvalue weighted by Crippen LogP contribution is 2.43. The van der Waals surface area contributed by atoms with E-state index in [9.17, 15) is 22.8 Å². The molecule has 0 fully saturated rings. The maximum atomic E-state index is 14.4. The van der Waals surface area contributed by atoms with Gasteiger partial charge in [0.15, 0.2) is 0 Å². The molecule has 1 aliphatic heterocycles. The summed E-state index contributed by atoms with van der Waals surface area (Å²) in [4.78, 5) is 28.9. The maximum absolute atomic E-state index is 14.4. The molecule has 0 saturated carbocycles. The number of anilines is 2. The van der Waals surface area contributed by atoms with Crippen molar-refractivity contribution in [2.75, 3.05) is 9.80 Å². The van der Waals surface area contributed by atoms with Crippen molar-refractivity contribution in [3.05, 3.63) is 95.3 Å². The Balaban J connectivity index is 1.81. The van der Waals surface area contributed by atoms with Gasteiger partial charge in [-0.15, -0.1) is 0 Å². The molecule has 32 heavy (non-hydrogen) atoms.